The number of amides is 1. The molecule has 0 spiro atoms. The van der Waals surface area contributed by atoms with Crippen LogP contribution in [0.4, 0.5) is 0 Å². The molecule has 0 saturated carbocycles. The number of rotatable bonds is 9. The van der Waals surface area contributed by atoms with Gasteiger partial charge in [0.25, 0.3) is 5.91 Å². The minimum Gasteiger partial charge on any atom is -0.494 e. The first-order chi connectivity index (χ1) is 16.0. The van der Waals surface area contributed by atoms with E-state index in [1.807, 2.05) is 106 Å². The molecule has 5 nitrogen and oxygen atoms in total. The Hall–Kier alpha value is -4.04. The summed E-state index contributed by atoms with van der Waals surface area (Å²) in [6.07, 6.45) is 1.49. The van der Waals surface area contributed by atoms with Crippen LogP contribution in [0.5, 0.6) is 5.75 Å². The third kappa shape index (κ3) is 6.24. The van der Waals surface area contributed by atoms with Crippen LogP contribution in [0.25, 0.3) is 0 Å². The molecule has 5 heteroatoms. The van der Waals surface area contributed by atoms with Gasteiger partial charge in [-0.25, -0.2) is 0 Å². The zero-order valence-corrected chi connectivity index (χ0v) is 19.2. The van der Waals surface area contributed by atoms with Gasteiger partial charge in [-0.15, -0.1) is 0 Å². The smallest absolute Gasteiger partial charge is 0.263 e. The number of nitrogens with zero attached hydrogens (tertiary/aromatic N) is 1. The standard InChI is InChI=1S/C28H29N3O2/c1-4-33-26-16-15-20(2)17-25(26)21(3)31-28(32)24(18-29)19-30-27(22-11-7-5-8-12-22)23-13-9-6-10-14-23/h5-17,19,21,27,30H,4H2,1-3H3,(H,31,32)/b24-19-. The molecule has 3 aromatic rings. The number of hydrogen-bond donors (Lipinski definition) is 2. The molecule has 0 aromatic heterocycles. The summed E-state index contributed by atoms with van der Waals surface area (Å²) in [6.45, 7) is 6.33. The predicted molar refractivity (Wildman–Crippen MR) is 130 cm³/mol. The molecular weight excluding hydrogens is 410 g/mol. The van der Waals surface area contributed by atoms with Gasteiger partial charge in [-0.05, 0) is 38.0 Å². The number of nitrogens with one attached hydrogen (secondary N) is 2. The van der Waals surface area contributed by atoms with Crippen LogP contribution in [0.1, 0.15) is 48.2 Å². The van der Waals surface area contributed by atoms with E-state index in [0.717, 1.165) is 28.0 Å². The summed E-state index contributed by atoms with van der Waals surface area (Å²) in [6, 6.07) is 27.2. The van der Waals surface area contributed by atoms with Gasteiger partial charge in [0.1, 0.15) is 17.4 Å². The van der Waals surface area contributed by atoms with Crippen LogP contribution in [0, 0.1) is 18.3 Å². The molecule has 0 radical (unpaired) electrons. The van der Waals surface area contributed by atoms with Crippen molar-refractivity contribution in [1.29, 1.82) is 5.26 Å². The second kappa shape index (κ2) is 11.5. The Labute approximate surface area is 195 Å². The molecule has 1 atom stereocenters. The second-order valence-electron chi connectivity index (χ2n) is 7.76. The SMILES string of the molecule is CCOc1ccc(C)cc1C(C)NC(=O)/C(C#N)=C\NC(c1ccccc1)c1ccccc1. The first-order valence-corrected chi connectivity index (χ1v) is 11.0. The quantitative estimate of drug-likeness (QED) is 0.348. The fraction of sp³-hybridized carbons (Fsp3) is 0.214. The lowest BCUT2D eigenvalue weighted by atomic mass is 9.99. The lowest BCUT2D eigenvalue weighted by Gasteiger charge is -2.20. The van der Waals surface area contributed by atoms with Crippen molar-refractivity contribution in [2.24, 2.45) is 0 Å². The topological polar surface area (TPSA) is 74.1 Å². The van der Waals surface area contributed by atoms with Crippen molar-refractivity contribution < 1.29 is 9.53 Å². The fourth-order valence-corrected chi connectivity index (χ4v) is 3.64. The van der Waals surface area contributed by atoms with Crippen LogP contribution in [-0.4, -0.2) is 12.5 Å². The first kappa shape index (κ1) is 23.6. The van der Waals surface area contributed by atoms with Gasteiger partial charge in [0.05, 0.1) is 18.7 Å². The number of aryl methyl sites for hydroxylation is 1. The Kier molecular flexibility index (Phi) is 8.26. The summed E-state index contributed by atoms with van der Waals surface area (Å²) in [4.78, 5) is 12.9. The van der Waals surface area contributed by atoms with Crippen molar-refractivity contribution in [2.45, 2.75) is 32.9 Å². The van der Waals surface area contributed by atoms with E-state index in [9.17, 15) is 10.1 Å². The van der Waals surface area contributed by atoms with E-state index in [2.05, 4.69) is 10.6 Å². The molecular formula is C28H29N3O2. The van der Waals surface area contributed by atoms with Gasteiger partial charge in [-0.1, -0.05) is 78.4 Å². The molecule has 0 heterocycles. The van der Waals surface area contributed by atoms with E-state index < -0.39 is 5.91 Å². The van der Waals surface area contributed by atoms with Gasteiger partial charge in [0.2, 0.25) is 0 Å². The highest BCUT2D eigenvalue weighted by atomic mass is 16.5. The van der Waals surface area contributed by atoms with E-state index in [1.165, 1.54) is 6.20 Å². The summed E-state index contributed by atoms with van der Waals surface area (Å²) < 4.78 is 5.72. The van der Waals surface area contributed by atoms with Crippen LogP contribution >= 0.6 is 0 Å². The van der Waals surface area contributed by atoms with Crippen molar-refractivity contribution in [1.82, 2.24) is 10.6 Å². The predicted octanol–water partition coefficient (Wildman–Crippen LogP) is 5.36. The maximum absolute atomic E-state index is 12.9. The lowest BCUT2D eigenvalue weighted by Crippen LogP contribution is -2.29. The number of carbonyl (C=O) groups is 1. The molecule has 0 fully saturated rings. The molecule has 1 amide bonds. The largest absolute Gasteiger partial charge is 0.494 e. The molecule has 0 aliphatic rings. The van der Waals surface area contributed by atoms with Crippen molar-refractivity contribution in [3.8, 4) is 11.8 Å². The van der Waals surface area contributed by atoms with Crippen LogP contribution in [0.3, 0.4) is 0 Å². The summed E-state index contributed by atoms with van der Waals surface area (Å²) in [5, 5.41) is 15.9. The summed E-state index contributed by atoms with van der Waals surface area (Å²) in [7, 11) is 0. The third-order valence-corrected chi connectivity index (χ3v) is 5.30. The Morgan fingerprint density at radius 3 is 2.18 bits per heavy atom. The average molecular weight is 440 g/mol. The summed E-state index contributed by atoms with van der Waals surface area (Å²) in [5.74, 6) is 0.283. The van der Waals surface area contributed by atoms with Gasteiger partial charge in [-0.3, -0.25) is 4.79 Å². The van der Waals surface area contributed by atoms with Gasteiger partial charge in [-0.2, -0.15) is 5.26 Å². The van der Waals surface area contributed by atoms with Crippen LogP contribution in [-0.2, 0) is 4.79 Å². The van der Waals surface area contributed by atoms with Gasteiger partial charge in [0, 0.05) is 11.8 Å². The van der Waals surface area contributed by atoms with Crippen molar-refractivity contribution in [2.75, 3.05) is 6.61 Å². The highest BCUT2D eigenvalue weighted by Gasteiger charge is 2.18. The average Bonchev–Trinajstić information content (AvgIpc) is 2.84. The maximum Gasteiger partial charge on any atom is 0.263 e. The second-order valence-corrected chi connectivity index (χ2v) is 7.76. The molecule has 3 aromatic carbocycles. The Bertz CT molecular complexity index is 1100. The highest BCUT2D eigenvalue weighted by Crippen LogP contribution is 2.27. The number of hydrogen-bond acceptors (Lipinski definition) is 4. The van der Waals surface area contributed by atoms with Crippen molar-refractivity contribution >= 4 is 5.91 Å². The zero-order chi connectivity index (χ0) is 23.6. The molecule has 0 aliphatic carbocycles. The molecule has 3 rings (SSSR count). The fourth-order valence-electron chi connectivity index (χ4n) is 3.64. The number of nitriles is 1. The Balaban J connectivity index is 1.80. The molecule has 0 aliphatic heterocycles. The molecule has 33 heavy (non-hydrogen) atoms. The van der Waals surface area contributed by atoms with Crippen LogP contribution in [0.15, 0.2) is 90.6 Å². The molecule has 0 saturated heterocycles. The maximum atomic E-state index is 12.9. The number of benzene rings is 3. The van der Waals surface area contributed by atoms with E-state index >= 15 is 0 Å². The number of carbonyl (C=O) groups excluding carboxylic acids is 1. The first-order valence-electron chi connectivity index (χ1n) is 11.0. The van der Waals surface area contributed by atoms with Crippen molar-refractivity contribution in [3.63, 3.8) is 0 Å². The summed E-state index contributed by atoms with van der Waals surface area (Å²) in [5.41, 5.74) is 4.02. The van der Waals surface area contributed by atoms with E-state index in [0.29, 0.717) is 6.61 Å². The minimum absolute atomic E-state index is 0.00400. The normalized spacial score (nSPS) is 12.0. The Morgan fingerprint density at radius 1 is 1.03 bits per heavy atom. The van der Waals surface area contributed by atoms with Gasteiger partial charge >= 0.3 is 0 Å². The highest BCUT2D eigenvalue weighted by molar-refractivity contribution is 5.97. The monoisotopic (exact) mass is 439 g/mol. The van der Waals surface area contributed by atoms with Crippen LogP contribution in [0.2, 0.25) is 0 Å². The number of ether oxygens (including phenoxy) is 1. The third-order valence-electron chi connectivity index (χ3n) is 5.30. The van der Waals surface area contributed by atoms with Gasteiger partial charge < -0.3 is 15.4 Å². The van der Waals surface area contributed by atoms with Crippen LogP contribution < -0.4 is 15.4 Å². The molecule has 168 valence electrons. The van der Waals surface area contributed by atoms with E-state index in [-0.39, 0.29) is 17.7 Å². The zero-order valence-electron chi connectivity index (χ0n) is 19.2. The molecule has 0 bridgehead atoms. The lowest BCUT2D eigenvalue weighted by molar-refractivity contribution is -0.117. The van der Waals surface area contributed by atoms with E-state index in [4.69, 9.17) is 4.74 Å². The minimum atomic E-state index is -0.443. The van der Waals surface area contributed by atoms with Crippen molar-refractivity contribution in [3.05, 3.63) is 113 Å². The molecule has 1 unspecified atom stereocenters. The van der Waals surface area contributed by atoms with Gasteiger partial charge in [0.15, 0.2) is 0 Å². The Morgan fingerprint density at radius 2 is 1.64 bits per heavy atom. The van der Waals surface area contributed by atoms with E-state index in [1.54, 1.807) is 0 Å². The summed E-state index contributed by atoms with van der Waals surface area (Å²) >= 11 is 0. The molecule has 2 N–H and O–H groups in total.